The fourth-order valence-electron chi connectivity index (χ4n) is 1.54. The summed E-state index contributed by atoms with van der Waals surface area (Å²) in [5, 5.41) is 4.28. The zero-order chi connectivity index (χ0) is 10.1. The molecule has 0 saturated carbocycles. The van der Waals surface area contributed by atoms with Gasteiger partial charge in [-0.3, -0.25) is 0 Å². The molecule has 0 atom stereocenters. The third kappa shape index (κ3) is 1.27. The first-order valence-electron chi connectivity index (χ1n) is 4.64. The van der Waals surface area contributed by atoms with Crippen molar-refractivity contribution in [2.45, 2.75) is 0 Å². The van der Waals surface area contributed by atoms with E-state index in [9.17, 15) is 0 Å². The van der Waals surface area contributed by atoms with Crippen LogP contribution in [0.15, 0.2) is 49.1 Å². The summed E-state index contributed by atoms with van der Waals surface area (Å²) in [6.07, 6.45) is 5.03. The number of aromatic nitrogens is 4. The molecule has 4 nitrogen and oxygen atoms in total. The molecule has 0 N–H and O–H groups in total. The third-order valence-electron chi connectivity index (χ3n) is 2.25. The van der Waals surface area contributed by atoms with Crippen LogP contribution in [0.2, 0.25) is 0 Å². The molecule has 4 heteroatoms. The van der Waals surface area contributed by atoms with Crippen LogP contribution in [0, 0.1) is 0 Å². The third-order valence-corrected chi connectivity index (χ3v) is 2.25. The van der Waals surface area contributed by atoms with E-state index in [0.717, 1.165) is 16.7 Å². The Morgan fingerprint density at radius 3 is 2.73 bits per heavy atom. The number of rotatable bonds is 1. The minimum absolute atomic E-state index is 0.855. The molecule has 0 fully saturated rings. The second-order valence-corrected chi connectivity index (χ2v) is 3.19. The highest BCUT2D eigenvalue weighted by Gasteiger charge is 2.03. The molecule has 0 aliphatic heterocycles. The molecule has 0 aliphatic rings. The van der Waals surface area contributed by atoms with Crippen molar-refractivity contribution >= 4 is 11.0 Å². The molecular weight excluding hydrogens is 188 g/mol. The van der Waals surface area contributed by atoms with Crippen molar-refractivity contribution in [3.05, 3.63) is 49.1 Å². The highest BCUT2D eigenvalue weighted by atomic mass is 15.3. The topological polar surface area (TPSA) is 43.6 Å². The minimum atomic E-state index is 0.855. The smallest absolute Gasteiger partial charge is 0.116 e. The van der Waals surface area contributed by atoms with Crippen LogP contribution in [-0.2, 0) is 0 Å². The molecule has 72 valence electrons. The van der Waals surface area contributed by atoms with Crippen LogP contribution in [0.4, 0.5) is 0 Å². The molecule has 0 aliphatic carbocycles. The van der Waals surface area contributed by atoms with Crippen LogP contribution in [0.1, 0.15) is 0 Å². The first kappa shape index (κ1) is 8.11. The van der Waals surface area contributed by atoms with Gasteiger partial charge in [0, 0.05) is 0 Å². The molecule has 3 rings (SSSR count). The predicted molar refractivity (Wildman–Crippen MR) is 56.7 cm³/mol. The van der Waals surface area contributed by atoms with Gasteiger partial charge in [0.15, 0.2) is 0 Å². The molecule has 0 bridgehead atoms. The fraction of sp³-hybridized carbons (Fsp3) is 0. The first-order chi connectivity index (χ1) is 7.45. The molecule has 0 unspecified atom stereocenters. The van der Waals surface area contributed by atoms with Crippen LogP contribution in [0.3, 0.4) is 0 Å². The quantitative estimate of drug-likeness (QED) is 0.596. The molecule has 15 heavy (non-hydrogen) atoms. The minimum Gasteiger partial charge on any atom is -0.243 e. The van der Waals surface area contributed by atoms with Crippen LogP contribution >= 0.6 is 0 Å². The van der Waals surface area contributed by atoms with Gasteiger partial charge in [-0.1, -0.05) is 18.2 Å². The molecule has 0 saturated heterocycles. The number of nitrogens with zero attached hydrogens (tertiary/aromatic N) is 4. The number of para-hydroxylation sites is 1. The van der Waals surface area contributed by atoms with Crippen LogP contribution in [-0.4, -0.2) is 19.7 Å². The molecule has 2 heterocycles. The number of fused-ring (bicyclic) bond motifs is 1. The number of benzene rings is 1. The average Bonchev–Trinajstić information content (AvgIpc) is 2.74. The molecule has 0 spiro atoms. The molecule has 3 aromatic rings. The van der Waals surface area contributed by atoms with Gasteiger partial charge < -0.3 is 0 Å². The standard InChI is InChI=1S/C11H8N4/c1-2-4-9(5-3-1)15-11-7-12-8-13-10(11)6-14-15/h1-8H. The van der Waals surface area contributed by atoms with Gasteiger partial charge in [0.1, 0.15) is 17.4 Å². The fourth-order valence-corrected chi connectivity index (χ4v) is 1.54. The van der Waals surface area contributed by atoms with E-state index in [4.69, 9.17) is 0 Å². The SMILES string of the molecule is c1ccc(-n2ncc3ncncc32)cc1. The lowest BCUT2D eigenvalue weighted by molar-refractivity contribution is 0.908. The second-order valence-electron chi connectivity index (χ2n) is 3.19. The Hall–Kier alpha value is -2.23. The van der Waals surface area contributed by atoms with Gasteiger partial charge >= 0.3 is 0 Å². The van der Waals surface area contributed by atoms with Crippen molar-refractivity contribution < 1.29 is 0 Å². The molecule has 0 amide bonds. The Labute approximate surface area is 86.2 Å². The van der Waals surface area contributed by atoms with Gasteiger partial charge in [-0.2, -0.15) is 5.10 Å². The molecular formula is C11H8N4. The predicted octanol–water partition coefficient (Wildman–Crippen LogP) is 1.82. The summed E-state index contributed by atoms with van der Waals surface area (Å²) in [7, 11) is 0. The highest BCUT2D eigenvalue weighted by molar-refractivity contribution is 5.74. The molecule has 2 aromatic heterocycles. The first-order valence-corrected chi connectivity index (χ1v) is 4.64. The maximum absolute atomic E-state index is 4.28. The molecule has 1 aromatic carbocycles. The van der Waals surface area contributed by atoms with E-state index in [0.29, 0.717) is 0 Å². The highest BCUT2D eigenvalue weighted by Crippen LogP contribution is 2.14. The van der Waals surface area contributed by atoms with Crippen LogP contribution in [0.5, 0.6) is 0 Å². The van der Waals surface area contributed by atoms with Crippen LogP contribution in [0.25, 0.3) is 16.7 Å². The van der Waals surface area contributed by atoms with Crippen molar-refractivity contribution in [1.82, 2.24) is 19.7 Å². The lowest BCUT2D eigenvalue weighted by Gasteiger charge is -2.01. The summed E-state index contributed by atoms with van der Waals surface area (Å²) < 4.78 is 1.83. The number of hydrogen-bond acceptors (Lipinski definition) is 3. The largest absolute Gasteiger partial charge is 0.243 e. The second kappa shape index (κ2) is 3.16. The normalized spacial score (nSPS) is 10.7. The van der Waals surface area contributed by atoms with Crippen molar-refractivity contribution in [3.8, 4) is 5.69 Å². The van der Waals surface area contributed by atoms with Gasteiger partial charge in [-0.15, -0.1) is 0 Å². The van der Waals surface area contributed by atoms with Gasteiger partial charge in [-0.25, -0.2) is 14.6 Å². The monoisotopic (exact) mass is 196 g/mol. The van der Waals surface area contributed by atoms with E-state index >= 15 is 0 Å². The van der Waals surface area contributed by atoms with Crippen LogP contribution < -0.4 is 0 Å². The zero-order valence-corrected chi connectivity index (χ0v) is 7.91. The maximum atomic E-state index is 4.28. The Bertz CT molecular complexity index is 586. The lowest BCUT2D eigenvalue weighted by atomic mass is 10.3. The van der Waals surface area contributed by atoms with Crippen molar-refractivity contribution in [2.75, 3.05) is 0 Å². The van der Waals surface area contributed by atoms with E-state index < -0.39 is 0 Å². The van der Waals surface area contributed by atoms with E-state index in [2.05, 4.69) is 15.1 Å². The van der Waals surface area contributed by atoms with Gasteiger partial charge in [-0.05, 0) is 12.1 Å². The maximum Gasteiger partial charge on any atom is 0.116 e. The van der Waals surface area contributed by atoms with Gasteiger partial charge in [0.2, 0.25) is 0 Å². The summed E-state index contributed by atoms with van der Waals surface area (Å²) in [5.41, 5.74) is 2.79. The molecule has 0 radical (unpaired) electrons. The van der Waals surface area contributed by atoms with E-state index in [-0.39, 0.29) is 0 Å². The summed E-state index contributed by atoms with van der Waals surface area (Å²) in [6, 6.07) is 9.93. The zero-order valence-electron chi connectivity index (χ0n) is 7.91. The average molecular weight is 196 g/mol. The number of hydrogen-bond donors (Lipinski definition) is 0. The summed E-state index contributed by atoms with van der Waals surface area (Å²) in [6.45, 7) is 0. The van der Waals surface area contributed by atoms with Crippen molar-refractivity contribution in [3.63, 3.8) is 0 Å². The van der Waals surface area contributed by atoms with Gasteiger partial charge in [0.25, 0.3) is 0 Å². The lowest BCUT2D eigenvalue weighted by Crippen LogP contribution is -1.95. The Balaban J connectivity index is 2.28. The van der Waals surface area contributed by atoms with Crippen molar-refractivity contribution in [1.29, 1.82) is 0 Å². The summed E-state index contributed by atoms with van der Waals surface area (Å²) in [4.78, 5) is 8.13. The summed E-state index contributed by atoms with van der Waals surface area (Å²) in [5.74, 6) is 0. The summed E-state index contributed by atoms with van der Waals surface area (Å²) >= 11 is 0. The van der Waals surface area contributed by atoms with E-state index in [1.165, 1.54) is 6.33 Å². The Morgan fingerprint density at radius 1 is 1.00 bits per heavy atom. The Kier molecular flexibility index (Phi) is 1.71. The Morgan fingerprint density at radius 2 is 1.87 bits per heavy atom. The van der Waals surface area contributed by atoms with E-state index in [1.807, 2.05) is 35.0 Å². The van der Waals surface area contributed by atoms with E-state index in [1.54, 1.807) is 12.4 Å². The van der Waals surface area contributed by atoms with Crippen molar-refractivity contribution in [2.24, 2.45) is 0 Å². The van der Waals surface area contributed by atoms with Gasteiger partial charge in [0.05, 0.1) is 18.1 Å².